The molecule has 0 spiro atoms. The van der Waals surface area contributed by atoms with Gasteiger partial charge in [0.05, 0.1) is 12.1 Å². The number of aromatic nitrogens is 1. The minimum Gasteiger partial charge on any atom is -0.390 e. The molecule has 2 atom stereocenters. The highest BCUT2D eigenvalue weighted by molar-refractivity contribution is 5.99. The average molecular weight is 506 g/mol. The molecule has 0 aliphatic heterocycles. The number of carbonyl (C=O) groups excluding carboxylic acids is 1. The summed E-state index contributed by atoms with van der Waals surface area (Å²) in [6.45, 7) is 5.39. The van der Waals surface area contributed by atoms with E-state index < -0.39 is 23.8 Å². The third kappa shape index (κ3) is 6.61. The van der Waals surface area contributed by atoms with Crippen LogP contribution in [-0.4, -0.2) is 34.3 Å². The maximum absolute atomic E-state index is 13.9. The lowest BCUT2D eigenvalue weighted by Crippen LogP contribution is -2.49. The zero-order chi connectivity index (χ0) is 26.4. The standard InChI is InChI=1S/C30H33F2N3O2/c1-3-20-8-7-9-21(12-20)18-33-19-29(36)26(15-22-13-24(31)17-25(32)14-22)34-30(37)28-16-23-10-5-6-11-27(23)35(28)4-2/h5-14,16-17,26,29,33,36H,3-4,15,18-19H2,1-2H3,(H,34,37). The lowest BCUT2D eigenvalue weighted by Gasteiger charge is -2.25. The van der Waals surface area contributed by atoms with E-state index in [1.54, 1.807) is 0 Å². The predicted molar refractivity (Wildman–Crippen MR) is 142 cm³/mol. The summed E-state index contributed by atoms with van der Waals surface area (Å²) in [4.78, 5) is 13.4. The minimum absolute atomic E-state index is 0.0704. The summed E-state index contributed by atoms with van der Waals surface area (Å²) in [6, 6.07) is 20.2. The van der Waals surface area contributed by atoms with Crippen LogP contribution in [0.25, 0.3) is 10.9 Å². The van der Waals surface area contributed by atoms with E-state index >= 15 is 0 Å². The molecule has 5 nitrogen and oxygen atoms in total. The van der Waals surface area contributed by atoms with Crippen LogP contribution < -0.4 is 10.6 Å². The highest BCUT2D eigenvalue weighted by Gasteiger charge is 2.25. The summed E-state index contributed by atoms with van der Waals surface area (Å²) in [5, 5.41) is 18.2. The van der Waals surface area contributed by atoms with E-state index in [4.69, 9.17) is 0 Å². The van der Waals surface area contributed by atoms with Crippen molar-refractivity contribution in [3.8, 4) is 0 Å². The van der Waals surface area contributed by atoms with Gasteiger partial charge in [0.15, 0.2) is 0 Å². The lowest BCUT2D eigenvalue weighted by atomic mass is 10.00. The van der Waals surface area contributed by atoms with Crippen LogP contribution in [0, 0.1) is 11.6 Å². The van der Waals surface area contributed by atoms with Crippen molar-refractivity contribution in [2.75, 3.05) is 6.54 Å². The predicted octanol–water partition coefficient (Wildman–Crippen LogP) is 4.99. The minimum atomic E-state index is -0.996. The number of benzene rings is 3. The Hall–Kier alpha value is -3.55. The number of aliphatic hydroxyl groups is 1. The van der Waals surface area contributed by atoms with Crippen molar-refractivity contribution >= 4 is 16.8 Å². The number of hydrogen-bond donors (Lipinski definition) is 3. The molecule has 3 aromatic carbocycles. The van der Waals surface area contributed by atoms with E-state index in [1.165, 1.54) is 17.7 Å². The maximum Gasteiger partial charge on any atom is 0.268 e. The molecule has 0 aliphatic rings. The van der Waals surface area contributed by atoms with Gasteiger partial charge in [0, 0.05) is 36.6 Å². The molecule has 194 valence electrons. The monoisotopic (exact) mass is 505 g/mol. The highest BCUT2D eigenvalue weighted by Crippen LogP contribution is 2.20. The second-order valence-electron chi connectivity index (χ2n) is 9.27. The van der Waals surface area contributed by atoms with Gasteiger partial charge in [-0.3, -0.25) is 4.79 Å². The fourth-order valence-electron chi connectivity index (χ4n) is 4.71. The first kappa shape index (κ1) is 26.5. The van der Waals surface area contributed by atoms with Gasteiger partial charge in [-0.2, -0.15) is 0 Å². The van der Waals surface area contributed by atoms with Crippen LogP contribution in [-0.2, 0) is 25.9 Å². The van der Waals surface area contributed by atoms with E-state index in [9.17, 15) is 18.7 Å². The smallest absolute Gasteiger partial charge is 0.268 e. The number of rotatable bonds is 11. The van der Waals surface area contributed by atoms with Gasteiger partial charge in [-0.1, -0.05) is 49.4 Å². The zero-order valence-electron chi connectivity index (χ0n) is 21.2. The number of halogens is 2. The maximum atomic E-state index is 13.9. The molecule has 1 aromatic heterocycles. The largest absolute Gasteiger partial charge is 0.390 e. The summed E-state index contributed by atoms with van der Waals surface area (Å²) >= 11 is 0. The van der Waals surface area contributed by atoms with Gasteiger partial charge in [-0.05, 0) is 60.7 Å². The number of aliphatic hydroxyl groups excluding tert-OH is 1. The van der Waals surface area contributed by atoms with Gasteiger partial charge in [0.2, 0.25) is 0 Å². The SMILES string of the molecule is CCc1cccc(CNCC(O)C(Cc2cc(F)cc(F)c2)NC(=O)c2cc3ccccc3n2CC)c1. The van der Waals surface area contributed by atoms with Crippen LogP contribution in [0.2, 0.25) is 0 Å². The molecule has 7 heteroatoms. The van der Waals surface area contributed by atoms with Gasteiger partial charge in [0.1, 0.15) is 17.3 Å². The molecule has 4 aromatic rings. The topological polar surface area (TPSA) is 66.3 Å². The molecule has 3 N–H and O–H groups in total. The lowest BCUT2D eigenvalue weighted by molar-refractivity contribution is 0.0822. The van der Waals surface area contributed by atoms with Crippen LogP contribution in [0.3, 0.4) is 0 Å². The molecule has 0 fully saturated rings. The van der Waals surface area contributed by atoms with E-state index in [-0.39, 0.29) is 18.9 Å². The molecule has 1 amide bonds. The number of hydrogen-bond acceptors (Lipinski definition) is 3. The number of amides is 1. The first-order valence-corrected chi connectivity index (χ1v) is 12.7. The summed E-state index contributed by atoms with van der Waals surface area (Å²) < 4.78 is 29.7. The summed E-state index contributed by atoms with van der Waals surface area (Å²) in [5.41, 5.74) is 4.08. The molecular formula is C30H33F2N3O2. The molecule has 0 bridgehead atoms. The van der Waals surface area contributed by atoms with Crippen molar-refractivity contribution in [1.82, 2.24) is 15.2 Å². The number of nitrogens with one attached hydrogen (secondary N) is 2. The fourth-order valence-corrected chi connectivity index (χ4v) is 4.71. The van der Waals surface area contributed by atoms with Gasteiger partial charge in [-0.25, -0.2) is 8.78 Å². The van der Waals surface area contributed by atoms with Crippen molar-refractivity contribution in [3.05, 3.63) is 107 Å². The third-order valence-electron chi connectivity index (χ3n) is 6.60. The highest BCUT2D eigenvalue weighted by atomic mass is 19.1. The number of nitrogens with zero attached hydrogens (tertiary/aromatic N) is 1. The molecule has 0 aliphatic carbocycles. The first-order valence-electron chi connectivity index (χ1n) is 12.7. The van der Waals surface area contributed by atoms with Gasteiger partial charge in [-0.15, -0.1) is 0 Å². The molecule has 0 saturated heterocycles. The van der Waals surface area contributed by atoms with Gasteiger partial charge >= 0.3 is 0 Å². The van der Waals surface area contributed by atoms with Crippen LogP contribution in [0.4, 0.5) is 8.78 Å². The zero-order valence-corrected chi connectivity index (χ0v) is 21.2. The van der Waals surface area contributed by atoms with Gasteiger partial charge < -0.3 is 20.3 Å². The van der Waals surface area contributed by atoms with E-state index in [0.717, 1.165) is 29.0 Å². The molecular weight excluding hydrogens is 472 g/mol. The van der Waals surface area contributed by atoms with Crippen molar-refractivity contribution < 1.29 is 18.7 Å². The Morgan fingerprint density at radius 1 is 0.919 bits per heavy atom. The Bertz CT molecular complexity index is 1350. The number of aryl methyl sites for hydroxylation is 2. The number of fused-ring (bicyclic) bond motifs is 1. The third-order valence-corrected chi connectivity index (χ3v) is 6.60. The van der Waals surface area contributed by atoms with Crippen molar-refractivity contribution in [1.29, 1.82) is 0 Å². The fraction of sp³-hybridized carbons (Fsp3) is 0.300. The number of para-hydroxylation sites is 1. The molecule has 1 heterocycles. The molecule has 37 heavy (non-hydrogen) atoms. The molecule has 4 rings (SSSR count). The Balaban J connectivity index is 1.52. The van der Waals surface area contributed by atoms with Crippen LogP contribution in [0.1, 0.15) is 41.0 Å². The molecule has 0 saturated carbocycles. The van der Waals surface area contributed by atoms with E-state index in [1.807, 2.05) is 54.0 Å². The summed E-state index contributed by atoms with van der Waals surface area (Å²) in [5.74, 6) is -1.75. The second kappa shape index (κ2) is 12.1. The quantitative estimate of drug-likeness (QED) is 0.269. The Morgan fingerprint density at radius 3 is 2.38 bits per heavy atom. The van der Waals surface area contributed by atoms with Crippen molar-refractivity contribution in [2.24, 2.45) is 0 Å². The number of carbonyl (C=O) groups is 1. The Kier molecular flexibility index (Phi) is 8.69. The second-order valence-corrected chi connectivity index (χ2v) is 9.27. The van der Waals surface area contributed by atoms with Crippen molar-refractivity contribution in [2.45, 2.75) is 51.9 Å². The van der Waals surface area contributed by atoms with E-state index in [2.05, 4.69) is 29.7 Å². The summed E-state index contributed by atoms with van der Waals surface area (Å²) in [7, 11) is 0. The Morgan fingerprint density at radius 2 is 1.65 bits per heavy atom. The van der Waals surface area contributed by atoms with Crippen molar-refractivity contribution in [3.63, 3.8) is 0 Å². The molecule has 0 radical (unpaired) electrons. The van der Waals surface area contributed by atoms with Crippen LogP contribution in [0.5, 0.6) is 0 Å². The van der Waals surface area contributed by atoms with Crippen LogP contribution >= 0.6 is 0 Å². The van der Waals surface area contributed by atoms with Crippen LogP contribution in [0.15, 0.2) is 72.8 Å². The normalized spacial score (nSPS) is 13.0. The molecule has 2 unspecified atom stereocenters. The van der Waals surface area contributed by atoms with Gasteiger partial charge in [0.25, 0.3) is 5.91 Å². The van der Waals surface area contributed by atoms with E-state index in [0.29, 0.717) is 24.3 Å². The Labute approximate surface area is 216 Å². The average Bonchev–Trinajstić information content (AvgIpc) is 3.26. The first-order chi connectivity index (χ1) is 17.9. The summed E-state index contributed by atoms with van der Waals surface area (Å²) in [6.07, 6.45) is 0.00796.